The zero-order valence-electron chi connectivity index (χ0n) is 14.6. The SMILES string of the molecule is CCC(C)(C)c1c(F)c(N)c2c(=O)c(C(=O)O)cn3c2c1OC[C@@H]3C. The maximum Gasteiger partial charge on any atom is 0.341 e. The van der Waals surface area contributed by atoms with Crippen LogP contribution < -0.4 is 15.9 Å². The molecule has 0 bridgehead atoms. The number of anilines is 1. The van der Waals surface area contributed by atoms with Gasteiger partial charge in [-0.05, 0) is 18.8 Å². The highest BCUT2D eigenvalue weighted by Gasteiger charge is 2.35. The van der Waals surface area contributed by atoms with Crippen molar-refractivity contribution in [2.45, 2.75) is 45.6 Å². The van der Waals surface area contributed by atoms with Gasteiger partial charge in [-0.1, -0.05) is 20.8 Å². The number of carboxylic acid groups (broad SMARTS) is 1. The zero-order chi connectivity index (χ0) is 18.7. The average molecular weight is 348 g/mol. The van der Waals surface area contributed by atoms with Crippen molar-refractivity contribution < 1.29 is 19.0 Å². The molecule has 1 aromatic heterocycles. The smallest absolute Gasteiger partial charge is 0.341 e. The van der Waals surface area contributed by atoms with E-state index in [4.69, 9.17) is 10.5 Å². The van der Waals surface area contributed by atoms with E-state index in [1.165, 1.54) is 6.20 Å². The number of aromatic carboxylic acids is 1. The van der Waals surface area contributed by atoms with Crippen LogP contribution in [0.5, 0.6) is 5.75 Å². The first-order valence-electron chi connectivity index (χ1n) is 8.18. The first kappa shape index (κ1) is 17.3. The van der Waals surface area contributed by atoms with Gasteiger partial charge in [0.05, 0.1) is 22.6 Å². The Balaban J connectivity index is 2.61. The standard InChI is InChI=1S/C18H21FN2O4/c1-5-18(3,4)11-12(19)13(20)10-14-16(11)25-7-8(2)21(14)6-9(15(10)22)17(23)24/h6,8H,5,7,20H2,1-4H3,(H,23,24)/t8-/m0/s1. The second kappa shape index (κ2) is 5.47. The van der Waals surface area contributed by atoms with Crippen LogP contribution in [0.1, 0.15) is 56.1 Å². The monoisotopic (exact) mass is 348 g/mol. The number of hydrogen-bond donors (Lipinski definition) is 2. The number of nitrogens with two attached hydrogens (primary N) is 1. The van der Waals surface area contributed by atoms with E-state index in [0.717, 1.165) is 0 Å². The summed E-state index contributed by atoms with van der Waals surface area (Å²) in [6, 6.07) is -0.212. The number of ether oxygens (including phenoxy) is 1. The maximum absolute atomic E-state index is 15.1. The summed E-state index contributed by atoms with van der Waals surface area (Å²) in [5, 5.41) is 9.19. The van der Waals surface area contributed by atoms with E-state index in [0.29, 0.717) is 17.5 Å². The first-order chi connectivity index (χ1) is 11.6. The van der Waals surface area contributed by atoms with E-state index < -0.39 is 28.2 Å². The Bertz CT molecular complexity index is 962. The van der Waals surface area contributed by atoms with Crippen LogP contribution in [0.2, 0.25) is 0 Å². The maximum atomic E-state index is 15.1. The van der Waals surface area contributed by atoms with Crippen molar-refractivity contribution in [3.63, 3.8) is 0 Å². The summed E-state index contributed by atoms with van der Waals surface area (Å²) in [7, 11) is 0. The highest BCUT2D eigenvalue weighted by molar-refractivity contribution is 6.01. The molecule has 2 aromatic rings. The van der Waals surface area contributed by atoms with Crippen LogP contribution in [-0.4, -0.2) is 22.2 Å². The van der Waals surface area contributed by atoms with Crippen LogP contribution in [0.25, 0.3) is 10.9 Å². The Morgan fingerprint density at radius 1 is 1.52 bits per heavy atom. The topological polar surface area (TPSA) is 94.5 Å². The minimum absolute atomic E-state index is 0.130. The number of carbonyl (C=O) groups is 1. The van der Waals surface area contributed by atoms with Crippen molar-refractivity contribution in [2.24, 2.45) is 0 Å². The molecule has 0 unspecified atom stereocenters. The third kappa shape index (κ3) is 2.29. The van der Waals surface area contributed by atoms with Gasteiger partial charge in [0.15, 0.2) is 11.6 Å². The fourth-order valence-electron chi connectivity index (χ4n) is 3.28. The summed E-state index contributed by atoms with van der Waals surface area (Å²) in [5.74, 6) is -1.80. The molecule has 0 saturated heterocycles. The predicted octanol–water partition coefficient (Wildman–Crippen LogP) is 3.06. The molecule has 7 heteroatoms. The van der Waals surface area contributed by atoms with Crippen LogP contribution in [-0.2, 0) is 5.41 Å². The molecule has 1 aliphatic heterocycles. The van der Waals surface area contributed by atoms with Crippen LogP contribution in [0.3, 0.4) is 0 Å². The molecule has 1 aromatic carbocycles. The summed E-state index contributed by atoms with van der Waals surface area (Å²) < 4.78 is 22.6. The summed E-state index contributed by atoms with van der Waals surface area (Å²) in [4.78, 5) is 24.1. The van der Waals surface area contributed by atoms with Crippen LogP contribution in [0.4, 0.5) is 10.1 Å². The molecule has 134 valence electrons. The number of nitrogens with zero attached hydrogens (tertiary/aromatic N) is 1. The van der Waals surface area contributed by atoms with Crippen LogP contribution >= 0.6 is 0 Å². The van der Waals surface area contributed by atoms with Gasteiger partial charge in [-0.15, -0.1) is 0 Å². The number of pyridine rings is 1. The Labute approximate surface area is 144 Å². The van der Waals surface area contributed by atoms with Gasteiger partial charge in [0.2, 0.25) is 5.43 Å². The van der Waals surface area contributed by atoms with Gasteiger partial charge in [0, 0.05) is 11.8 Å². The zero-order valence-corrected chi connectivity index (χ0v) is 14.6. The summed E-state index contributed by atoms with van der Waals surface area (Å²) in [5.41, 5.74) is 4.54. The molecule has 2 heterocycles. The lowest BCUT2D eigenvalue weighted by Gasteiger charge is -2.33. The number of hydrogen-bond acceptors (Lipinski definition) is 4. The predicted molar refractivity (Wildman–Crippen MR) is 93.1 cm³/mol. The molecule has 6 nitrogen and oxygen atoms in total. The normalized spacial score (nSPS) is 16.8. The van der Waals surface area contributed by atoms with E-state index in [-0.39, 0.29) is 29.5 Å². The van der Waals surface area contributed by atoms with Gasteiger partial charge < -0.3 is 20.1 Å². The third-order valence-corrected chi connectivity index (χ3v) is 5.14. The Morgan fingerprint density at radius 2 is 2.16 bits per heavy atom. The number of carboxylic acids is 1. The summed E-state index contributed by atoms with van der Waals surface area (Å²) in [6.45, 7) is 7.77. The van der Waals surface area contributed by atoms with Crippen molar-refractivity contribution in [1.82, 2.24) is 4.57 Å². The molecule has 0 amide bonds. The van der Waals surface area contributed by atoms with Crippen LogP contribution in [0.15, 0.2) is 11.0 Å². The molecular weight excluding hydrogens is 327 g/mol. The van der Waals surface area contributed by atoms with Gasteiger partial charge in [-0.3, -0.25) is 4.79 Å². The molecule has 0 fully saturated rings. The van der Waals surface area contributed by atoms with Gasteiger partial charge >= 0.3 is 5.97 Å². The van der Waals surface area contributed by atoms with Gasteiger partial charge in [-0.25, -0.2) is 9.18 Å². The van der Waals surface area contributed by atoms with Crippen molar-refractivity contribution in [1.29, 1.82) is 0 Å². The second-order valence-electron chi connectivity index (χ2n) is 7.14. The van der Waals surface area contributed by atoms with Gasteiger partial charge in [-0.2, -0.15) is 0 Å². The van der Waals surface area contributed by atoms with Crippen molar-refractivity contribution in [3.8, 4) is 5.75 Å². The number of nitrogen functional groups attached to an aromatic ring is 1. The van der Waals surface area contributed by atoms with E-state index in [9.17, 15) is 14.7 Å². The minimum atomic E-state index is -1.37. The molecule has 3 rings (SSSR count). The summed E-state index contributed by atoms with van der Waals surface area (Å²) in [6.07, 6.45) is 1.93. The lowest BCUT2D eigenvalue weighted by atomic mass is 9.80. The van der Waals surface area contributed by atoms with Crippen LogP contribution in [0, 0.1) is 5.82 Å². The Morgan fingerprint density at radius 3 is 2.72 bits per heavy atom. The van der Waals surface area contributed by atoms with Crippen molar-refractivity contribution >= 4 is 22.6 Å². The number of aromatic nitrogens is 1. The Kier molecular flexibility index (Phi) is 3.78. The molecule has 0 saturated carbocycles. The second-order valence-corrected chi connectivity index (χ2v) is 7.14. The van der Waals surface area contributed by atoms with E-state index in [1.54, 1.807) is 4.57 Å². The number of rotatable bonds is 3. The number of halogens is 1. The largest absolute Gasteiger partial charge is 0.489 e. The van der Waals surface area contributed by atoms with E-state index in [1.807, 2.05) is 27.7 Å². The quantitative estimate of drug-likeness (QED) is 0.831. The molecular formula is C18H21FN2O4. The molecule has 1 aliphatic rings. The third-order valence-electron chi connectivity index (χ3n) is 5.14. The highest BCUT2D eigenvalue weighted by Crippen LogP contribution is 2.45. The molecule has 0 spiro atoms. The lowest BCUT2D eigenvalue weighted by Crippen LogP contribution is -2.30. The minimum Gasteiger partial charge on any atom is -0.489 e. The molecule has 1 atom stereocenters. The average Bonchev–Trinajstić information content (AvgIpc) is 2.54. The first-order valence-corrected chi connectivity index (χ1v) is 8.18. The van der Waals surface area contributed by atoms with E-state index >= 15 is 4.39 Å². The molecule has 0 radical (unpaired) electrons. The van der Waals surface area contributed by atoms with Gasteiger partial charge in [0.1, 0.15) is 12.2 Å². The fourth-order valence-corrected chi connectivity index (χ4v) is 3.28. The van der Waals surface area contributed by atoms with Crippen molar-refractivity contribution in [2.75, 3.05) is 12.3 Å². The summed E-state index contributed by atoms with van der Waals surface area (Å²) >= 11 is 0. The fraction of sp³-hybridized carbons (Fsp3) is 0.444. The lowest BCUT2D eigenvalue weighted by molar-refractivity contribution is 0.0694. The number of benzene rings is 1. The molecule has 3 N–H and O–H groups in total. The Hall–Kier alpha value is -2.57. The molecule has 25 heavy (non-hydrogen) atoms. The molecule has 0 aliphatic carbocycles. The van der Waals surface area contributed by atoms with E-state index in [2.05, 4.69) is 0 Å². The van der Waals surface area contributed by atoms with Gasteiger partial charge in [0.25, 0.3) is 0 Å². The highest BCUT2D eigenvalue weighted by atomic mass is 19.1. The van der Waals surface area contributed by atoms with Crippen molar-refractivity contribution in [3.05, 3.63) is 33.4 Å².